The largest absolute Gasteiger partial charge is 0.292 e. The quantitative estimate of drug-likeness (QED) is 0.393. The van der Waals surface area contributed by atoms with Crippen molar-refractivity contribution < 1.29 is 4.79 Å². The minimum atomic E-state index is -0.140. The number of ketones is 1. The maximum atomic E-state index is 11.6. The molecule has 3 nitrogen and oxygen atoms in total. The molecule has 0 saturated heterocycles. The number of carbonyl (C=O) groups excluding carboxylic acids is 1. The summed E-state index contributed by atoms with van der Waals surface area (Å²) in [7, 11) is 0. The van der Waals surface area contributed by atoms with Gasteiger partial charge in [-0.2, -0.15) is 5.10 Å². The van der Waals surface area contributed by atoms with Gasteiger partial charge in [0.25, 0.3) is 0 Å². The second-order valence-electron chi connectivity index (χ2n) is 4.29. The summed E-state index contributed by atoms with van der Waals surface area (Å²) in [5.74, 6) is 2.81. The Hall–Kier alpha value is -2.22. The van der Waals surface area contributed by atoms with Crippen LogP contribution in [0.1, 0.15) is 12.5 Å². The fourth-order valence-corrected chi connectivity index (χ4v) is 2.09. The topological polar surface area (TPSA) is 41.5 Å². The molecule has 0 spiro atoms. The Bertz CT molecular complexity index is 731. The van der Waals surface area contributed by atoms with Gasteiger partial charge >= 0.3 is 0 Å². The van der Waals surface area contributed by atoms with Crippen LogP contribution >= 0.6 is 23.4 Å². The minimum absolute atomic E-state index is 0.140. The van der Waals surface area contributed by atoms with Gasteiger partial charge in [0.05, 0.1) is 5.69 Å². The van der Waals surface area contributed by atoms with Gasteiger partial charge < -0.3 is 0 Å². The van der Waals surface area contributed by atoms with Crippen LogP contribution in [-0.2, 0) is 4.79 Å². The lowest BCUT2D eigenvalue weighted by atomic mass is 10.2. The number of nitrogens with zero attached hydrogens (tertiary/aromatic N) is 1. The highest BCUT2D eigenvalue weighted by Crippen LogP contribution is 2.11. The molecule has 0 fully saturated rings. The number of hydrazone groups is 1. The maximum absolute atomic E-state index is 11.6. The Kier molecular flexibility index (Phi) is 6.08. The highest BCUT2D eigenvalue weighted by atomic mass is 35.5. The molecule has 2 aromatic rings. The van der Waals surface area contributed by atoms with Crippen molar-refractivity contribution in [3.05, 3.63) is 65.2 Å². The number of carbonyl (C=O) groups is 1. The van der Waals surface area contributed by atoms with E-state index in [0.717, 1.165) is 23.0 Å². The summed E-state index contributed by atoms with van der Waals surface area (Å²) in [4.78, 5) is 11.6. The van der Waals surface area contributed by atoms with Crippen LogP contribution in [-0.4, -0.2) is 10.8 Å². The molecule has 5 heteroatoms. The standard InChI is InChI=1S/C17H13ClN2OS/c1-13(21)17(20-19-16-5-3-2-4-6-16)22-12-11-14-7-9-15(18)10-8-14/h2-10,19H,1H3. The summed E-state index contributed by atoms with van der Waals surface area (Å²) in [5.41, 5.74) is 4.49. The van der Waals surface area contributed by atoms with Crippen molar-refractivity contribution in [1.82, 2.24) is 0 Å². The third kappa shape index (κ3) is 5.28. The zero-order chi connectivity index (χ0) is 15.8. The molecule has 0 radical (unpaired) electrons. The third-order valence-corrected chi connectivity index (χ3v) is 3.58. The number of halogens is 1. The Morgan fingerprint density at radius 1 is 1.14 bits per heavy atom. The first-order chi connectivity index (χ1) is 10.6. The number of para-hydroxylation sites is 1. The predicted molar refractivity (Wildman–Crippen MR) is 94.1 cm³/mol. The molecular weight excluding hydrogens is 316 g/mol. The molecule has 0 amide bonds. The molecular formula is C17H13ClN2OS. The van der Waals surface area contributed by atoms with Gasteiger partial charge in [-0.05, 0) is 53.4 Å². The maximum Gasteiger partial charge on any atom is 0.187 e. The third-order valence-electron chi connectivity index (χ3n) is 2.55. The van der Waals surface area contributed by atoms with E-state index in [2.05, 4.69) is 21.7 Å². The monoisotopic (exact) mass is 328 g/mol. The molecule has 2 rings (SSSR count). The summed E-state index contributed by atoms with van der Waals surface area (Å²) in [5, 5.41) is 7.94. The van der Waals surface area contributed by atoms with E-state index < -0.39 is 0 Å². The van der Waals surface area contributed by atoms with Crippen molar-refractivity contribution in [1.29, 1.82) is 0 Å². The van der Waals surface area contributed by atoms with Crippen LogP contribution in [0, 0.1) is 11.2 Å². The highest BCUT2D eigenvalue weighted by Gasteiger charge is 2.05. The lowest BCUT2D eigenvalue weighted by molar-refractivity contribution is -0.110. The fraction of sp³-hybridized carbons (Fsp3) is 0.0588. The molecule has 110 valence electrons. The van der Waals surface area contributed by atoms with Crippen molar-refractivity contribution in [3.8, 4) is 11.2 Å². The van der Waals surface area contributed by atoms with Gasteiger partial charge in [-0.3, -0.25) is 10.2 Å². The molecule has 0 saturated carbocycles. The van der Waals surface area contributed by atoms with Crippen molar-refractivity contribution >= 4 is 39.9 Å². The van der Waals surface area contributed by atoms with E-state index in [4.69, 9.17) is 11.6 Å². The molecule has 0 aliphatic carbocycles. The van der Waals surface area contributed by atoms with Crippen molar-refractivity contribution in [2.45, 2.75) is 6.92 Å². The fourth-order valence-electron chi connectivity index (χ4n) is 1.47. The molecule has 0 atom stereocenters. The van der Waals surface area contributed by atoms with E-state index in [1.165, 1.54) is 6.92 Å². The van der Waals surface area contributed by atoms with Gasteiger partial charge in [-0.15, -0.1) is 0 Å². The lowest BCUT2D eigenvalue weighted by Gasteiger charge is -2.01. The van der Waals surface area contributed by atoms with Crippen LogP contribution in [0.25, 0.3) is 0 Å². The molecule has 0 aromatic heterocycles. The average molecular weight is 329 g/mol. The van der Waals surface area contributed by atoms with Gasteiger partial charge in [0.15, 0.2) is 10.8 Å². The van der Waals surface area contributed by atoms with E-state index in [1.54, 1.807) is 12.1 Å². The van der Waals surface area contributed by atoms with Crippen LogP contribution in [0.4, 0.5) is 5.69 Å². The van der Waals surface area contributed by atoms with Gasteiger partial charge in [0, 0.05) is 17.5 Å². The van der Waals surface area contributed by atoms with Crippen molar-refractivity contribution in [3.63, 3.8) is 0 Å². The summed E-state index contributed by atoms with van der Waals surface area (Å²) in [6, 6.07) is 16.6. The number of benzene rings is 2. The average Bonchev–Trinajstić information content (AvgIpc) is 2.53. The van der Waals surface area contributed by atoms with Crippen LogP contribution in [0.15, 0.2) is 59.7 Å². The number of nitrogens with one attached hydrogen (secondary N) is 1. The Morgan fingerprint density at radius 3 is 2.45 bits per heavy atom. The number of hydrogen-bond acceptors (Lipinski definition) is 4. The van der Waals surface area contributed by atoms with E-state index in [1.807, 2.05) is 42.5 Å². The number of Topliss-reactive ketones (excluding diaryl/α,β-unsaturated/α-hetero) is 1. The minimum Gasteiger partial charge on any atom is -0.292 e. The van der Waals surface area contributed by atoms with E-state index >= 15 is 0 Å². The van der Waals surface area contributed by atoms with Crippen LogP contribution in [0.5, 0.6) is 0 Å². The number of anilines is 1. The first-order valence-corrected chi connectivity index (χ1v) is 7.68. The SMILES string of the molecule is CC(=O)C(=NNc1ccccc1)SC#Cc1ccc(Cl)cc1. The van der Waals surface area contributed by atoms with Gasteiger partial charge in [0.2, 0.25) is 0 Å². The van der Waals surface area contributed by atoms with E-state index in [-0.39, 0.29) is 5.78 Å². The Morgan fingerprint density at radius 2 is 1.82 bits per heavy atom. The predicted octanol–water partition coefficient (Wildman–Crippen LogP) is 4.40. The van der Waals surface area contributed by atoms with E-state index in [0.29, 0.717) is 10.1 Å². The summed E-state index contributed by atoms with van der Waals surface area (Å²) < 4.78 is 0. The Labute approximate surface area is 138 Å². The highest BCUT2D eigenvalue weighted by molar-refractivity contribution is 8.19. The molecule has 2 aromatic carbocycles. The van der Waals surface area contributed by atoms with Crippen molar-refractivity contribution in [2.75, 3.05) is 5.43 Å². The van der Waals surface area contributed by atoms with Crippen molar-refractivity contribution in [2.24, 2.45) is 5.10 Å². The van der Waals surface area contributed by atoms with E-state index in [9.17, 15) is 4.79 Å². The molecule has 0 unspecified atom stereocenters. The number of thioether (sulfide) groups is 1. The first-order valence-electron chi connectivity index (χ1n) is 6.48. The number of rotatable bonds is 3. The molecule has 0 bridgehead atoms. The molecule has 0 aliphatic heterocycles. The van der Waals surface area contributed by atoms with Crippen LogP contribution in [0.3, 0.4) is 0 Å². The normalized spacial score (nSPS) is 10.5. The second-order valence-corrected chi connectivity index (χ2v) is 5.52. The first kappa shape index (κ1) is 16.2. The summed E-state index contributed by atoms with van der Waals surface area (Å²) >= 11 is 6.90. The molecule has 0 heterocycles. The zero-order valence-corrected chi connectivity index (χ0v) is 13.4. The summed E-state index contributed by atoms with van der Waals surface area (Å²) in [6.07, 6.45) is 0. The molecule has 0 aliphatic rings. The summed E-state index contributed by atoms with van der Waals surface area (Å²) in [6.45, 7) is 1.46. The Balaban J connectivity index is 2.03. The number of hydrogen-bond donors (Lipinski definition) is 1. The molecule has 1 N–H and O–H groups in total. The zero-order valence-electron chi connectivity index (χ0n) is 11.8. The van der Waals surface area contributed by atoms with Gasteiger partial charge in [-0.25, -0.2) is 0 Å². The second kappa shape index (κ2) is 8.28. The smallest absolute Gasteiger partial charge is 0.187 e. The van der Waals surface area contributed by atoms with Gasteiger partial charge in [-0.1, -0.05) is 35.7 Å². The van der Waals surface area contributed by atoms with Gasteiger partial charge in [0.1, 0.15) is 0 Å². The molecule has 22 heavy (non-hydrogen) atoms. The van der Waals surface area contributed by atoms with Crippen LogP contribution < -0.4 is 5.43 Å². The lowest BCUT2D eigenvalue weighted by Crippen LogP contribution is -2.07. The van der Waals surface area contributed by atoms with Crippen LogP contribution in [0.2, 0.25) is 5.02 Å².